The van der Waals surface area contributed by atoms with Crippen LogP contribution in [0.25, 0.3) is 0 Å². The Balaban J connectivity index is 0.00000288. The highest BCUT2D eigenvalue weighted by Gasteiger charge is 2.03. The average molecular weight is 444 g/mol. The van der Waals surface area contributed by atoms with Crippen molar-refractivity contribution in [3.8, 4) is 5.88 Å². The van der Waals surface area contributed by atoms with Gasteiger partial charge in [-0.15, -0.1) is 24.0 Å². The molecule has 2 rings (SSSR count). The molecule has 1 aromatic carbocycles. The molecule has 0 bridgehead atoms. The van der Waals surface area contributed by atoms with Crippen LogP contribution >= 0.6 is 24.0 Å². The third-order valence-corrected chi connectivity index (χ3v) is 3.34. The number of ether oxygens (including phenoxy) is 1. The summed E-state index contributed by atoms with van der Waals surface area (Å²) in [6.07, 6.45) is 2.29. The second-order valence-corrected chi connectivity index (χ2v) is 4.90. The molecule has 0 saturated carbocycles. The van der Waals surface area contributed by atoms with Crippen molar-refractivity contribution in [3.63, 3.8) is 0 Å². The van der Waals surface area contributed by atoms with E-state index >= 15 is 0 Å². The van der Waals surface area contributed by atoms with E-state index in [4.69, 9.17) is 4.74 Å². The third kappa shape index (κ3) is 6.31. The molecule has 0 unspecified atom stereocenters. The van der Waals surface area contributed by atoms with Crippen LogP contribution in [0.4, 0.5) is 4.39 Å². The summed E-state index contributed by atoms with van der Waals surface area (Å²) in [5.41, 5.74) is 1.73. The normalized spacial score (nSPS) is 10.7. The van der Waals surface area contributed by atoms with Crippen LogP contribution in [0, 0.1) is 5.82 Å². The molecular formula is C17H22FIN4O. The van der Waals surface area contributed by atoms with Gasteiger partial charge in [0.2, 0.25) is 5.88 Å². The summed E-state index contributed by atoms with van der Waals surface area (Å²) < 4.78 is 18.6. The Hall–Kier alpha value is -1.90. The maximum atomic E-state index is 13.5. The molecule has 130 valence electrons. The molecular weight excluding hydrogens is 422 g/mol. The molecule has 1 aromatic heterocycles. The van der Waals surface area contributed by atoms with Crippen molar-refractivity contribution < 1.29 is 9.13 Å². The van der Waals surface area contributed by atoms with Crippen LogP contribution in [0.1, 0.15) is 11.1 Å². The van der Waals surface area contributed by atoms with Crippen LogP contribution in [0.2, 0.25) is 0 Å². The number of guanidine groups is 1. The van der Waals surface area contributed by atoms with E-state index in [-0.39, 0.29) is 29.8 Å². The zero-order chi connectivity index (χ0) is 16.5. The van der Waals surface area contributed by atoms with Gasteiger partial charge in [0.05, 0.1) is 7.11 Å². The van der Waals surface area contributed by atoms with Gasteiger partial charge in [-0.05, 0) is 29.7 Å². The first-order chi connectivity index (χ1) is 11.2. The van der Waals surface area contributed by atoms with Crippen molar-refractivity contribution in [2.45, 2.75) is 13.0 Å². The van der Waals surface area contributed by atoms with Gasteiger partial charge in [-0.2, -0.15) is 0 Å². The van der Waals surface area contributed by atoms with E-state index in [0.717, 1.165) is 5.56 Å². The molecule has 0 spiro atoms. The smallest absolute Gasteiger partial charge is 0.213 e. The van der Waals surface area contributed by atoms with Crippen molar-refractivity contribution in [1.29, 1.82) is 0 Å². The monoisotopic (exact) mass is 444 g/mol. The zero-order valence-corrected chi connectivity index (χ0v) is 16.1. The number of aromatic nitrogens is 1. The number of pyridine rings is 1. The van der Waals surface area contributed by atoms with Crippen molar-refractivity contribution in [3.05, 3.63) is 59.5 Å². The summed E-state index contributed by atoms with van der Waals surface area (Å²) in [6, 6.07) is 10.6. The molecule has 0 aliphatic carbocycles. The number of benzene rings is 1. The predicted octanol–water partition coefficient (Wildman–Crippen LogP) is 2.76. The highest BCUT2D eigenvalue weighted by atomic mass is 127. The lowest BCUT2D eigenvalue weighted by atomic mass is 10.1. The van der Waals surface area contributed by atoms with E-state index in [2.05, 4.69) is 20.6 Å². The Labute approximate surface area is 158 Å². The average Bonchev–Trinajstić information content (AvgIpc) is 2.59. The molecule has 0 fully saturated rings. The van der Waals surface area contributed by atoms with Gasteiger partial charge >= 0.3 is 0 Å². The van der Waals surface area contributed by atoms with Crippen molar-refractivity contribution >= 4 is 29.9 Å². The fourth-order valence-corrected chi connectivity index (χ4v) is 2.10. The molecule has 2 aromatic rings. The summed E-state index contributed by atoms with van der Waals surface area (Å²) in [6.45, 7) is 1.19. The molecule has 0 saturated heterocycles. The summed E-state index contributed by atoms with van der Waals surface area (Å²) in [4.78, 5) is 8.22. The molecule has 0 aliphatic heterocycles. The molecule has 5 nitrogen and oxygen atoms in total. The van der Waals surface area contributed by atoms with Crippen molar-refractivity contribution in [1.82, 2.24) is 15.6 Å². The minimum atomic E-state index is -0.180. The van der Waals surface area contributed by atoms with Crippen molar-refractivity contribution in [2.24, 2.45) is 4.99 Å². The van der Waals surface area contributed by atoms with Crippen LogP contribution in [-0.2, 0) is 13.0 Å². The molecule has 0 amide bonds. The molecule has 2 N–H and O–H groups in total. The van der Waals surface area contributed by atoms with Gasteiger partial charge in [-0.3, -0.25) is 4.99 Å². The van der Waals surface area contributed by atoms with Crippen LogP contribution in [0.5, 0.6) is 5.88 Å². The van der Waals surface area contributed by atoms with Gasteiger partial charge in [-0.25, -0.2) is 9.37 Å². The lowest BCUT2D eigenvalue weighted by Gasteiger charge is -2.12. The van der Waals surface area contributed by atoms with Crippen LogP contribution in [0.3, 0.4) is 0 Å². The molecule has 1 heterocycles. The van der Waals surface area contributed by atoms with Gasteiger partial charge < -0.3 is 15.4 Å². The summed E-state index contributed by atoms with van der Waals surface area (Å²) in [5.74, 6) is 1.06. The van der Waals surface area contributed by atoms with Crippen LogP contribution in [0.15, 0.2) is 47.6 Å². The standard InChI is InChI=1S/C17H21FN4O.HI/c1-19-17(21-10-8-14-5-3-4-6-15(14)18)22-12-13-7-9-20-16(11-13)23-2;/h3-7,9,11H,8,10,12H2,1-2H3,(H2,19,21,22);1H. The highest BCUT2D eigenvalue weighted by molar-refractivity contribution is 14.0. The fourth-order valence-electron chi connectivity index (χ4n) is 2.10. The molecule has 7 heteroatoms. The number of hydrogen-bond donors (Lipinski definition) is 2. The Morgan fingerprint density at radius 3 is 2.75 bits per heavy atom. The lowest BCUT2D eigenvalue weighted by Crippen LogP contribution is -2.37. The summed E-state index contributed by atoms with van der Waals surface area (Å²) >= 11 is 0. The first-order valence-corrected chi connectivity index (χ1v) is 7.39. The first kappa shape index (κ1) is 20.1. The second kappa shape index (κ2) is 10.8. The molecule has 0 radical (unpaired) electrons. The van der Waals surface area contributed by atoms with E-state index in [9.17, 15) is 4.39 Å². The minimum absolute atomic E-state index is 0. The van der Waals surface area contributed by atoms with Gasteiger partial charge in [-0.1, -0.05) is 18.2 Å². The van der Waals surface area contributed by atoms with Gasteiger partial charge in [0.15, 0.2) is 5.96 Å². The summed E-state index contributed by atoms with van der Waals surface area (Å²) in [7, 11) is 3.29. The van der Waals surface area contributed by atoms with Crippen molar-refractivity contribution in [2.75, 3.05) is 20.7 Å². The van der Waals surface area contributed by atoms with Gasteiger partial charge in [0.1, 0.15) is 5.82 Å². The van der Waals surface area contributed by atoms with E-state index in [1.807, 2.05) is 18.2 Å². The Bertz CT molecular complexity index is 667. The SMILES string of the molecule is CN=C(NCCc1ccccc1F)NCc1ccnc(OC)c1.I. The minimum Gasteiger partial charge on any atom is -0.481 e. The van der Waals surface area contributed by atoms with E-state index in [0.29, 0.717) is 36.9 Å². The second-order valence-electron chi connectivity index (χ2n) is 4.90. The largest absolute Gasteiger partial charge is 0.481 e. The number of nitrogens with zero attached hydrogens (tertiary/aromatic N) is 2. The number of nitrogens with one attached hydrogen (secondary N) is 2. The Morgan fingerprint density at radius 1 is 1.25 bits per heavy atom. The number of hydrogen-bond acceptors (Lipinski definition) is 3. The quantitative estimate of drug-likeness (QED) is 0.409. The third-order valence-electron chi connectivity index (χ3n) is 3.34. The van der Waals surface area contributed by atoms with Crippen LogP contribution in [-0.4, -0.2) is 31.6 Å². The number of halogens is 2. The number of aliphatic imine (C=N–C) groups is 1. The molecule has 0 atom stereocenters. The van der Waals surface area contributed by atoms with E-state index < -0.39 is 0 Å². The number of methoxy groups -OCH3 is 1. The maximum Gasteiger partial charge on any atom is 0.213 e. The fraction of sp³-hybridized carbons (Fsp3) is 0.294. The maximum absolute atomic E-state index is 13.5. The Kier molecular flexibility index (Phi) is 9.06. The highest BCUT2D eigenvalue weighted by Crippen LogP contribution is 2.08. The van der Waals surface area contributed by atoms with E-state index in [1.54, 1.807) is 32.5 Å². The zero-order valence-electron chi connectivity index (χ0n) is 13.8. The Morgan fingerprint density at radius 2 is 2.04 bits per heavy atom. The van der Waals surface area contributed by atoms with Gasteiger partial charge in [0, 0.05) is 32.4 Å². The number of rotatable bonds is 6. The first-order valence-electron chi connectivity index (χ1n) is 7.39. The predicted molar refractivity (Wildman–Crippen MR) is 105 cm³/mol. The van der Waals surface area contributed by atoms with Crippen LogP contribution < -0.4 is 15.4 Å². The summed E-state index contributed by atoms with van der Waals surface area (Å²) in [5, 5.41) is 6.37. The molecule has 24 heavy (non-hydrogen) atoms. The van der Waals surface area contributed by atoms with Gasteiger partial charge in [0.25, 0.3) is 0 Å². The van der Waals surface area contributed by atoms with E-state index in [1.165, 1.54) is 6.07 Å². The lowest BCUT2D eigenvalue weighted by molar-refractivity contribution is 0.397. The molecule has 0 aliphatic rings. The topological polar surface area (TPSA) is 58.5 Å².